The highest BCUT2D eigenvalue weighted by Crippen LogP contribution is 2.22. The summed E-state index contributed by atoms with van der Waals surface area (Å²) >= 11 is 3.43. The second kappa shape index (κ2) is 3.84. The third-order valence-corrected chi connectivity index (χ3v) is 3.47. The number of rotatable bonds is 2. The van der Waals surface area contributed by atoms with E-state index in [0.717, 1.165) is 27.0 Å². The number of hydrogen-bond donors (Lipinski definition) is 1. The molecule has 0 saturated heterocycles. The number of aliphatic carboxylic acids is 1. The van der Waals surface area contributed by atoms with Gasteiger partial charge >= 0.3 is 5.97 Å². The molecule has 0 spiro atoms. The van der Waals surface area contributed by atoms with E-state index in [2.05, 4.69) is 20.9 Å². The van der Waals surface area contributed by atoms with Crippen molar-refractivity contribution < 1.29 is 9.90 Å². The quantitative estimate of drug-likeness (QED) is 0.789. The van der Waals surface area contributed by atoms with Gasteiger partial charge in [-0.15, -0.1) is 0 Å². The predicted octanol–water partition coefficient (Wildman–Crippen LogP) is 2.22. The first-order valence-corrected chi connectivity index (χ1v) is 6.19. The molecule has 2 heterocycles. The number of hydrogen-bond acceptors (Lipinski definition) is 2. The summed E-state index contributed by atoms with van der Waals surface area (Å²) in [5.74, 6) is -0.0938. The topological polar surface area (TPSA) is 59.5 Å². The molecule has 92 valence electrons. The number of carbonyl (C=O) groups is 1. The van der Waals surface area contributed by atoms with Gasteiger partial charge in [0.05, 0.1) is 17.5 Å². The lowest BCUT2D eigenvalue weighted by Crippen LogP contribution is -2.05. The van der Waals surface area contributed by atoms with Gasteiger partial charge in [-0.1, -0.05) is 15.9 Å². The van der Waals surface area contributed by atoms with Gasteiger partial charge in [0.1, 0.15) is 0 Å². The molecule has 0 atom stereocenters. The Balaban J connectivity index is 2.30. The number of fused-ring (bicyclic) bond motifs is 3. The maximum atomic E-state index is 10.8. The van der Waals surface area contributed by atoms with Gasteiger partial charge in [-0.05, 0) is 18.2 Å². The highest BCUT2D eigenvalue weighted by Gasteiger charge is 2.13. The molecule has 0 bridgehead atoms. The van der Waals surface area contributed by atoms with Crippen molar-refractivity contribution in [1.82, 2.24) is 14.0 Å². The van der Waals surface area contributed by atoms with Crippen LogP contribution in [0, 0.1) is 0 Å². The van der Waals surface area contributed by atoms with Crippen LogP contribution in [0.1, 0.15) is 5.69 Å². The van der Waals surface area contributed by atoms with Crippen LogP contribution in [0.25, 0.3) is 16.8 Å². The summed E-state index contributed by atoms with van der Waals surface area (Å²) in [6, 6.07) is 5.84. The van der Waals surface area contributed by atoms with Crippen LogP contribution in [0.4, 0.5) is 0 Å². The van der Waals surface area contributed by atoms with E-state index < -0.39 is 5.97 Å². The molecule has 0 aliphatic carbocycles. The van der Waals surface area contributed by atoms with Crippen LogP contribution < -0.4 is 0 Å². The van der Waals surface area contributed by atoms with Gasteiger partial charge in [0.15, 0.2) is 0 Å². The molecule has 0 amide bonds. The van der Waals surface area contributed by atoms with Crippen LogP contribution in [0.5, 0.6) is 0 Å². The standard InChI is InChI=1S/C12H10BrN3O2/c1-15-8(5-11(17)18)6-16-10-4-7(13)2-3-9(10)14-12(15)16/h2-4,6H,5H2,1H3,(H,17,18). The Morgan fingerprint density at radius 2 is 2.28 bits per heavy atom. The fourth-order valence-corrected chi connectivity index (χ4v) is 2.45. The van der Waals surface area contributed by atoms with Crippen LogP contribution in [-0.2, 0) is 18.3 Å². The number of nitrogens with zero attached hydrogens (tertiary/aromatic N) is 3. The minimum atomic E-state index is -0.843. The minimum Gasteiger partial charge on any atom is -0.481 e. The molecular formula is C12H10BrN3O2. The predicted molar refractivity (Wildman–Crippen MR) is 70.7 cm³/mol. The van der Waals surface area contributed by atoms with Crippen molar-refractivity contribution in [3.63, 3.8) is 0 Å². The van der Waals surface area contributed by atoms with Crippen molar-refractivity contribution >= 4 is 38.7 Å². The van der Waals surface area contributed by atoms with Crippen molar-refractivity contribution in [2.75, 3.05) is 0 Å². The van der Waals surface area contributed by atoms with Crippen LogP contribution >= 0.6 is 15.9 Å². The second-order valence-electron chi connectivity index (χ2n) is 4.16. The monoisotopic (exact) mass is 307 g/mol. The second-order valence-corrected chi connectivity index (χ2v) is 5.08. The lowest BCUT2D eigenvalue weighted by atomic mass is 10.3. The number of aryl methyl sites for hydroxylation is 1. The maximum absolute atomic E-state index is 10.8. The summed E-state index contributed by atoms with van der Waals surface area (Å²) < 4.78 is 4.70. The van der Waals surface area contributed by atoms with Crippen LogP contribution in [0.2, 0.25) is 0 Å². The number of carboxylic acids is 1. The van der Waals surface area contributed by atoms with Crippen molar-refractivity contribution in [3.05, 3.63) is 34.6 Å². The van der Waals surface area contributed by atoms with Crippen LogP contribution in [0.3, 0.4) is 0 Å². The molecule has 0 saturated carbocycles. The molecule has 18 heavy (non-hydrogen) atoms. The molecule has 5 nitrogen and oxygen atoms in total. The molecule has 0 unspecified atom stereocenters. The van der Waals surface area contributed by atoms with E-state index in [-0.39, 0.29) is 6.42 Å². The Kier molecular flexibility index (Phi) is 2.41. The highest BCUT2D eigenvalue weighted by molar-refractivity contribution is 9.10. The third-order valence-electron chi connectivity index (χ3n) is 2.97. The Morgan fingerprint density at radius 3 is 3.00 bits per heavy atom. The molecule has 2 aromatic heterocycles. The molecule has 3 rings (SSSR count). The van der Waals surface area contributed by atoms with E-state index in [9.17, 15) is 4.79 Å². The minimum absolute atomic E-state index is 0.00461. The Bertz CT molecular complexity index is 772. The summed E-state index contributed by atoms with van der Waals surface area (Å²) in [7, 11) is 1.83. The summed E-state index contributed by atoms with van der Waals surface area (Å²) in [5.41, 5.74) is 2.59. The lowest BCUT2D eigenvalue weighted by Gasteiger charge is -1.97. The number of halogens is 1. The van der Waals surface area contributed by atoms with Crippen LogP contribution in [-0.4, -0.2) is 25.0 Å². The van der Waals surface area contributed by atoms with E-state index in [1.807, 2.05) is 40.4 Å². The average Bonchev–Trinajstić information content (AvgIpc) is 2.78. The number of aromatic nitrogens is 3. The third kappa shape index (κ3) is 1.60. The Hall–Kier alpha value is -1.82. The van der Waals surface area contributed by atoms with E-state index in [1.54, 1.807) is 0 Å². The van der Waals surface area contributed by atoms with Gasteiger partial charge < -0.3 is 9.67 Å². The first kappa shape index (κ1) is 11.3. The Labute approximate surface area is 111 Å². The van der Waals surface area contributed by atoms with E-state index in [1.165, 1.54) is 0 Å². The lowest BCUT2D eigenvalue weighted by molar-refractivity contribution is -0.136. The first-order chi connectivity index (χ1) is 8.56. The molecule has 0 fully saturated rings. The fraction of sp³-hybridized carbons (Fsp3) is 0.167. The number of imidazole rings is 2. The zero-order valence-corrected chi connectivity index (χ0v) is 11.2. The highest BCUT2D eigenvalue weighted by atomic mass is 79.9. The van der Waals surface area contributed by atoms with Crippen molar-refractivity contribution in [2.45, 2.75) is 6.42 Å². The number of benzene rings is 1. The molecule has 6 heteroatoms. The molecule has 1 N–H and O–H groups in total. The molecular weight excluding hydrogens is 298 g/mol. The van der Waals surface area contributed by atoms with Crippen LogP contribution in [0.15, 0.2) is 28.9 Å². The van der Waals surface area contributed by atoms with Gasteiger partial charge in [-0.3, -0.25) is 9.20 Å². The van der Waals surface area contributed by atoms with E-state index in [4.69, 9.17) is 5.11 Å². The van der Waals surface area contributed by atoms with E-state index >= 15 is 0 Å². The average molecular weight is 308 g/mol. The largest absolute Gasteiger partial charge is 0.481 e. The maximum Gasteiger partial charge on any atom is 0.309 e. The molecule has 0 aliphatic heterocycles. The summed E-state index contributed by atoms with van der Waals surface area (Å²) in [5, 5.41) is 8.86. The van der Waals surface area contributed by atoms with Gasteiger partial charge in [0.2, 0.25) is 5.78 Å². The van der Waals surface area contributed by atoms with Gasteiger partial charge in [-0.25, -0.2) is 4.98 Å². The molecule has 1 aromatic carbocycles. The molecule has 3 aromatic rings. The van der Waals surface area contributed by atoms with Crippen molar-refractivity contribution in [2.24, 2.45) is 7.05 Å². The number of carboxylic acid groups (broad SMARTS) is 1. The Morgan fingerprint density at radius 1 is 1.50 bits per heavy atom. The summed E-state index contributed by atoms with van der Waals surface area (Å²) in [4.78, 5) is 15.3. The van der Waals surface area contributed by atoms with E-state index in [0.29, 0.717) is 0 Å². The fourth-order valence-electron chi connectivity index (χ4n) is 2.10. The smallest absolute Gasteiger partial charge is 0.309 e. The normalized spacial score (nSPS) is 11.4. The zero-order chi connectivity index (χ0) is 12.9. The SMILES string of the molecule is Cn1c(CC(=O)O)cn2c3cc(Br)ccc3nc12. The molecule has 0 aliphatic rings. The zero-order valence-electron chi connectivity index (χ0n) is 9.59. The van der Waals surface area contributed by atoms with Gasteiger partial charge in [0.25, 0.3) is 0 Å². The van der Waals surface area contributed by atoms with Gasteiger partial charge in [0, 0.05) is 23.4 Å². The summed E-state index contributed by atoms with van der Waals surface area (Å²) in [6.45, 7) is 0. The summed E-state index contributed by atoms with van der Waals surface area (Å²) in [6.07, 6.45) is 1.82. The molecule has 0 radical (unpaired) electrons. The van der Waals surface area contributed by atoms with Gasteiger partial charge in [-0.2, -0.15) is 0 Å². The van der Waals surface area contributed by atoms with Crippen molar-refractivity contribution in [3.8, 4) is 0 Å². The van der Waals surface area contributed by atoms with Crippen molar-refractivity contribution in [1.29, 1.82) is 0 Å². The first-order valence-electron chi connectivity index (χ1n) is 5.40.